The van der Waals surface area contributed by atoms with Crippen LogP contribution in [0.3, 0.4) is 0 Å². The number of benzene rings is 1. The number of hydrogen-bond acceptors (Lipinski definition) is 5. The summed E-state index contributed by atoms with van der Waals surface area (Å²) < 4.78 is 5.29. The average molecular weight is 276 g/mol. The molecule has 19 heavy (non-hydrogen) atoms. The third-order valence-corrected chi connectivity index (χ3v) is 3.59. The molecule has 1 N–H and O–H groups in total. The van der Waals surface area contributed by atoms with Crippen molar-refractivity contribution < 1.29 is 9.84 Å². The molecule has 5 heteroatoms. The molecule has 1 atom stereocenters. The second-order valence-corrected chi connectivity index (χ2v) is 5.20. The van der Waals surface area contributed by atoms with Crippen molar-refractivity contribution in [2.45, 2.75) is 30.0 Å². The SMILES string of the molecule is COc1cccc(Sc2ncc(C)cn2)c1C(C)O. The van der Waals surface area contributed by atoms with Crippen molar-refractivity contribution in [3.05, 3.63) is 41.7 Å². The smallest absolute Gasteiger partial charge is 0.192 e. The molecule has 0 amide bonds. The summed E-state index contributed by atoms with van der Waals surface area (Å²) in [4.78, 5) is 9.42. The van der Waals surface area contributed by atoms with E-state index in [0.717, 1.165) is 16.0 Å². The standard InChI is InChI=1S/C14H16N2O2S/c1-9-7-15-14(16-8-9)19-12-6-4-5-11(18-3)13(12)10(2)17/h4-8,10,17H,1-3H3. The first-order valence-corrected chi connectivity index (χ1v) is 6.75. The zero-order valence-corrected chi connectivity index (χ0v) is 11.9. The zero-order valence-electron chi connectivity index (χ0n) is 11.1. The largest absolute Gasteiger partial charge is 0.496 e. The van der Waals surface area contributed by atoms with E-state index >= 15 is 0 Å². The van der Waals surface area contributed by atoms with Gasteiger partial charge in [-0.1, -0.05) is 6.07 Å². The molecule has 0 spiro atoms. The predicted molar refractivity (Wildman–Crippen MR) is 74.5 cm³/mol. The van der Waals surface area contributed by atoms with Gasteiger partial charge in [0.15, 0.2) is 5.16 Å². The van der Waals surface area contributed by atoms with Gasteiger partial charge >= 0.3 is 0 Å². The minimum absolute atomic E-state index is 0.607. The van der Waals surface area contributed by atoms with Crippen molar-refractivity contribution in [1.29, 1.82) is 0 Å². The van der Waals surface area contributed by atoms with Crippen LogP contribution in [0.4, 0.5) is 0 Å². The number of rotatable bonds is 4. The van der Waals surface area contributed by atoms with Gasteiger partial charge in [0.2, 0.25) is 0 Å². The fraction of sp³-hybridized carbons (Fsp3) is 0.286. The third kappa shape index (κ3) is 3.24. The highest BCUT2D eigenvalue weighted by Gasteiger charge is 2.15. The summed E-state index contributed by atoms with van der Waals surface area (Å²) in [6.07, 6.45) is 2.94. The Morgan fingerprint density at radius 3 is 2.53 bits per heavy atom. The molecule has 0 aliphatic heterocycles. The molecule has 1 aromatic heterocycles. The minimum Gasteiger partial charge on any atom is -0.496 e. The first-order chi connectivity index (χ1) is 9.11. The van der Waals surface area contributed by atoms with Crippen LogP contribution in [-0.4, -0.2) is 22.2 Å². The molecular weight excluding hydrogens is 260 g/mol. The lowest BCUT2D eigenvalue weighted by Gasteiger charge is -2.15. The van der Waals surface area contributed by atoms with E-state index < -0.39 is 6.10 Å². The summed E-state index contributed by atoms with van der Waals surface area (Å²) in [5.41, 5.74) is 1.78. The van der Waals surface area contributed by atoms with Gasteiger partial charge in [-0.15, -0.1) is 0 Å². The third-order valence-electron chi connectivity index (χ3n) is 2.62. The minimum atomic E-state index is -0.607. The summed E-state index contributed by atoms with van der Waals surface area (Å²) in [6.45, 7) is 3.67. The van der Waals surface area contributed by atoms with Gasteiger partial charge in [0.25, 0.3) is 0 Å². The fourth-order valence-electron chi connectivity index (χ4n) is 1.73. The van der Waals surface area contributed by atoms with Crippen molar-refractivity contribution >= 4 is 11.8 Å². The number of hydrogen-bond donors (Lipinski definition) is 1. The number of nitrogens with zero attached hydrogens (tertiary/aromatic N) is 2. The molecule has 0 aliphatic carbocycles. The van der Waals surface area contributed by atoms with Crippen molar-refractivity contribution in [3.63, 3.8) is 0 Å². The van der Waals surface area contributed by atoms with Crippen LogP contribution in [0.2, 0.25) is 0 Å². The van der Waals surface area contributed by atoms with Gasteiger partial charge in [0, 0.05) is 22.9 Å². The highest BCUT2D eigenvalue weighted by Crippen LogP contribution is 2.36. The Morgan fingerprint density at radius 2 is 1.95 bits per heavy atom. The normalized spacial score (nSPS) is 12.2. The Bertz CT molecular complexity index is 556. The van der Waals surface area contributed by atoms with Crippen LogP contribution in [0.5, 0.6) is 5.75 Å². The molecule has 100 valence electrons. The van der Waals surface area contributed by atoms with E-state index in [2.05, 4.69) is 9.97 Å². The lowest BCUT2D eigenvalue weighted by atomic mass is 10.1. The molecular formula is C14H16N2O2S. The highest BCUT2D eigenvalue weighted by molar-refractivity contribution is 7.99. The number of aliphatic hydroxyl groups is 1. The van der Waals surface area contributed by atoms with E-state index in [1.54, 1.807) is 26.4 Å². The van der Waals surface area contributed by atoms with Crippen molar-refractivity contribution in [3.8, 4) is 5.75 Å². The van der Waals surface area contributed by atoms with Crippen molar-refractivity contribution in [2.75, 3.05) is 7.11 Å². The second-order valence-electron chi connectivity index (χ2n) is 4.19. The number of aryl methyl sites for hydroxylation is 1. The molecule has 0 aliphatic rings. The second kappa shape index (κ2) is 6.04. The maximum atomic E-state index is 9.90. The van der Waals surface area contributed by atoms with Gasteiger partial charge in [0.05, 0.1) is 13.2 Å². The van der Waals surface area contributed by atoms with Crippen LogP contribution in [0, 0.1) is 6.92 Å². The van der Waals surface area contributed by atoms with Crippen molar-refractivity contribution in [1.82, 2.24) is 9.97 Å². The number of methoxy groups -OCH3 is 1. The van der Waals surface area contributed by atoms with E-state index in [0.29, 0.717) is 10.9 Å². The van der Waals surface area contributed by atoms with E-state index in [1.807, 2.05) is 25.1 Å². The van der Waals surface area contributed by atoms with Crippen LogP contribution < -0.4 is 4.74 Å². The molecule has 4 nitrogen and oxygen atoms in total. The summed E-state index contributed by atoms with van der Waals surface area (Å²) in [6, 6.07) is 5.65. The van der Waals surface area contributed by atoms with E-state index in [4.69, 9.17) is 4.74 Å². The van der Waals surface area contributed by atoms with E-state index in [9.17, 15) is 5.11 Å². The topological polar surface area (TPSA) is 55.2 Å². The zero-order chi connectivity index (χ0) is 13.8. The van der Waals surface area contributed by atoms with Gasteiger partial charge in [-0.3, -0.25) is 0 Å². The monoisotopic (exact) mass is 276 g/mol. The first kappa shape index (κ1) is 13.8. The summed E-state index contributed by atoms with van der Waals surface area (Å²) in [5.74, 6) is 0.673. The molecule has 0 radical (unpaired) electrons. The Kier molecular flexibility index (Phi) is 4.39. The van der Waals surface area contributed by atoms with E-state index in [-0.39, 0.29) is 0 Å². The molecule has 1 aromatic carbocycles. The van der Waals surface area contributed by atoms with Crippen LogP contribution >= 0.6 is 11.8 Å². The predicted octanol–water partition coefficient (Wildman–Crippen LogP) is 3.00. The van der Waals surface area contributed by atoms with Crippen molar-refractivity contribution in [2.24, 2.45) is 0 Å². The van der Waals surface area contributed by atoms with Crippen LogP contribution in [-0.2, 0) is 0 Å². The molecule has 1 unspecified atom stereocenters. The summed E-state index contributed by atoms with van der Waals surface area (Å²) in [5, 5.41) is 10.6. The maximum Gasteiger partial charge on any atom is 0.192 e. The highest BCUT2D eigenvalue weighted by atomic mass is 32.2. The average Bonchev–Trinajstić information content (AvgIpc) is 2.40. The summed E-state index contributed by atoms with van der Waals surface area (Å²) in [7, 11) is 1.60. The summed E-state index contributed by atoms with van der Waals surface area (Å²) >= 11 is 1.42. The Morgan fingerprint density at radius 1 is 1.26 bits per heavy atom. The molecule has 0 fully saturated rings. The van der Waals surface area contributed by atoms with Crippen LogP contribution in [0.15, 0.2) is 40.6 Å². The number of aliphatic hydroxyl groups excluding tert-OH is 1. The fourth-order valence-corrected chi connectivity index (χ4v) is 2.67. The lowest BCUT2D eigenvalue weighted by Crippen LogP contribution is -1.99. The first-order valence-electron chi connectivity index (χ1n) is 5.93. The molecule has 2 rings (SSSR count). The molecule has 2 aromatic rings. The molecule has 0 saturated carbocycles. The quantitative estimate of drug-likeness (QED) is 0.870. The Hall–Kier alpha value is -1.59. The van der Waals surface area contributed by atoms with E-state index in [1.165, 1.54) is 11.8 Å². The molecule has 0 bridgehead atoms. The van der Waals surface area contributed by atoms with Crippen LogP contribution in [0.1, 0.15) is 24.2 Å². The number of ether oxygens (including phenoxy) is 1. The van der Waals surface area contributed by atoms with Gasteiger partial charge in [-0.2, -0.15) is 0 Å². The van der Waals surface area contributed by atoms with Gasteiger partial charge in [-0.25, -0.2) is 9.97 Å². The Balaban J connectivity index is 2.36. The number of aromatic nitrogens is 2. The van der Waals surface area contributed by atoms with Crippen LogP contribution in [0.25, 0.3) is 0 Å². The maximum absolute atomic E-state index is 9.90. The van der Waals surface area contributed by atoms with Gasteiger partial charge in [0.1, 0.15) is 5.75 Å². The molecule has 1 heterocycles. The van der Waals surface area contributed by atoms with Gasteiger partial charge < -0.3 is 9.84 Å². The molecule has 0 saturated heterocycles. The Labute approximate surface area is 116 Å². The lowest BCUT2D eigenvalue weighted by molar-refractivity contribution is 0.191. The van der Waals surface area contributed by atoms with Gasteiger partial charge in [-0.05, 0) is 43.3 Å².